The Labute approximate surface area is 169 Å². The molecule has 146 valence electrons. The molecule has 0 radical (unpaired) electrons. The second kappa shape index (κ2) is 8.89. The molecule has 0 fully saturated rings. The van der Waals surface area contributed by atoms with Gasteiger partial charge in [0, 0.05) is 24.5 Å². The minimum absolute atomic E-state index is 0.124. The molecule has 1 heterocycles. The molecule has 0 N–H and O–H groups in total. The Morgan fingerprint density at radius 2 is 1.82 bits per heavy atom. The predicted octanol–water partition coefficient (Wildman–Crippen LogP) is 4.62. The van der Waals surface area contributed by atoms with Crippen LogP contribution in [-0.4, -0.2) is 29.9 Å². The summed E-state index contributed by atoms with van der Waals surface area (Å²) in [4.78, 5) is 18.8. The van der Waals surface area contributed by atoms with Gasteiger partial charge < -0.3 is 14.4 Å². The Kier molecular flexibility index (Phi) is 6.31. The Hall–Kier alpha value is -2.86. The summed E-state index contributed by atoms with van der Waals surface area (Å²) in [5, 5.41) is 2.55. The number of benzene rings is 2. The highest BCUT2D eigenvalue weighted by Crippen LogP contribution is 2.22. The summed E-state index contributed by atoms with van der Waals surface area (Å²) in [6.07, 6.45) is 0. The van der Waals surface area contributed by atoms with Crippen LogP contribution in [0, 0.1) is 13.8 Å². The number of aryl methyl sites for hydroxylation is 2. The average Bonchev–Trinajstić information content (AvgIpc) is 3.16. The lowest BCUT2D eigenvalue weighted by atomic mass is 10.1. The number of carbonyl (C=O) groups excluding carboxylic acids is 1. The molecular formula is C22H24N2O3S. The smallest absolute Gasteiger partial charge is 0.273 e. The van der Waals surface area contributed by atoms with Crippen LogP contribution in [0.4, 0.5) is 0 Å². The normalized spacial score (nSPS) is 10.6. The standard InChI is InChI=1S/C22H24N2O3S/c1-15-5-8-18(9-6-15)27-13-21-23-19(14-28-21)22(25)24(3)12-17-11-16(2)7-10-20(17)26-4/h5-11,14H,12-13H2,1-4H3. The number of aromatic nitrogens is 1. The van der Waals surface area contributed by atoms with Gasteiger partial charge in [-0.2, -0.15) is 0 Å². The van der Waals surface area contributed by atoms with Crippen LogP contribution in [0.2, 0.25) is 0 Å². The van der Waals surface area contributed by atoms with Crippen molar-refractivity contribution in [3.63, 3.8) is 0 Å². The maximum absolute atomic E-state index is 12.7. The van der Waals surface area contributed by atoms with Crippen molar-refractivity contribution in [3.8, 4) is 11.5 Å². The molecule has 1 aromatic heterocycles. The van der Waals surface area contributed by atoms with Crippen LogP contribution in [-0.2, 0) is 13.2 Å². The molecule has 5 nitrogen and oxygen atoms in total. The first kappa shape index (κ1) is 19.9. The zero-order valence-corrected chi connectivity index (χ0v) is 17.4. The van der Waals surface area contributed by atoms with Crippen molar-refractivity contribution >= 4 is 17.2 Å². The van der Waals surface area contributed by atoms with Crippen LogP contribution >= 0.6 is 11.3 Å². The summed E-state index contributed by atoms with van der Waals surface area (Å²) < 4.78 is 11.2. The van der Waals surface area contributed by atoms with Crippen LogP contribution in [0.25, 0.3) is 0 Å². The van der Waals surface area contributed by atoms with Crippen molar-refractivity contribution < 1.29 is 14.3 Å². The highest BCUT2D eigenvalue weighted by molar-refractivity contribution is 7.09. The summed E-state index contributed by atoms with van der Waals surface area (Å²) in [5.41, 5.74) is 3.71. The molecule has 0 aliphatic heterocycles. The highest BCUT2D eigenvalue weighted by Gasteiger charge is 2.17. The average molecular weight is 397 g/mol. The van der Waals surface area contributed by atoms with Crippen LogP contribution in [0.5, 0.6) is 11.5 Å². The zero-order chi connectivity index (χ0) is 20.1. The third-order valence-electron chi connectivity index (χ3n) is 4.34. The van der Waals surface area contributed by atoms with Crippen molar-refractivity contribution in [3.05, 3.63) is 75.2 Å². The molecule has 2 aromatic carbocycles. The lowest BCUT2D eigenvalue weighted by molar-refractivity contribution is 0.0779. The number of hydrogen-bond acceptors (Lipinski definition) is 5. The molecular weight excluding hydrogens is 372 g/mol. The van der Waals surface area contributed by atoms with Crippen LogP contribution in [0.3, 0.4) is 0 Å². The molecule has 28 heavy (non-hydrogen) atoms. The van der Waals surface area contributed by atoms with E-state index < -0.39 is 0 Å². The Morgan fingerprint density at radius 3 is 2.54 bits per heavy atom. The van der Waals surface area contributed by atoms with Crippen molar-refractivity contribution in [1.29, 1.82) is 0 Å². The molecule has 0 saturated heterocycles. The SMILES string of the molecule is COc1ccc(C)cc1CN(C)C(=O)c1csc(COc2ccc(C)cc2)n1. The summed E-state index contributed by atoms with van der Waals surface area (Å²) in [5.74, 6) is 1.44. The van der Waals surface area contributed by atoms with Crippen molar-refractivity contribution in [2.75, 3.05) is 14.2 Å². The van der Waals surface area contributed by atoms with E-state index in [0.717, 1.165) is 27.6 Å². The molecule has 0 unspecified atom stereocenters. The molecule has 0 aliphatic carbocycles. The van der Waals surface area contributed by atoms with Gasteiger partial charge in [-0.1, -0.05) is 35.4 Å². The maximum Gasteiger partial charge on any atom is 0.273 e. The topological polar surface area (TPSA) is 51.7 Å². The summed E-state index contributed by atoms with van der Waals surface area (Å²) in [6.45, 7) is 4.85. The highest BCUT2D eigenvalue weighted by atomic mass is 32.1. The van der Waals surface area contributed by atoms with Gasteiger partial charge in [-0.3, -0.25) is 4.79 Å². The van der Waals surface area contributed by atoms with E-state index in [1.165, 1.54) is 16.9 Å². The fraction of sp³-hybridized carbons (Fsp3) is 0.273. The van der Waals surface area contributed by atoms with Crippen molar-refractivity contribution in [1.82, 2.24) is 9.88 Å². The summed E-state index contributed by atoms with van der Waals surface area (Å²) in [7, 11) is 3.41. The number of methoxy groups -OCH3 is 1. The lowest BCUT2D eigenvalue weighted by Gasteiger charge is -2.18. The third-order valence-corrected chi connectivity index (χ3v) is 5.17. The van der Waals surface area contributed by atoms with Crippen molar-refractivity contribution in [2.45, 2.75) is 27.0 Å². The van der Waals surface area contributed by atoms with Gasteiger partial charge in [-0.05, 0) is 32.0 Å². The predicted molar refractivity (Wildman–Crippen MR) is 111 cm³/mol. The van der Waals surface area contributed by atoms with Crippen LogP contribution in [0.1, 0.15) is 32.2 Å². The molecule has 3 rings (SSSR count). The van der Waals surface area contributed by atoms with Gasteiger partial charge in [-0.25, -0.2) is 4.98 Å². The van der Waals surface area contributed by atoms with Crippen molar-refractivity contribution in [2.24, 2.45) is 0 Å². The first-order chi connectivity index (χ1) is 13.5. The van der Waals surface area contributed by atoms with Gasteiger partial charge in [0.2, 0.25) is 0 Å². The van der Waals surface area contributed by atoms with Gasteiger partial charge in [0.05, 0.1) is 7.11 Å². The van der Waals surface area contributed by atoms with E-state index in [2.05, 4.69) is 4.98 Å². The lowest BCUT2D eigenvalue weighted by Crippen LogP contribution is -2.26. The third kappa shape index (κ3) is 4.89. The number of nitrogens with zero attached hydrogens (tertiary/aromatic N) is 2. The van der Waals surface area contributed by atoms with E-state index in [1.807, 2.05) is 56.3 Å². The van der Waals surface area contributed by atoms with Gasteiger partial charge >= 0.3 is 0 Å². The molecule has 0 bridgehead atoms. The summed E-state index contributed by atoms with van der Waals surface area (Å²) >= 11 is 1.43. The van der Waals surface area contributed by atoms with Crippen LogP contribution < -0.4 is 9.47 Å². The zero-order valence-electron chi connectivity index (χ0n) is 16.6. The number of rotatable bonds is 7. The van der Waals surface area contributed by atoms with E-state index in [1.54, 1.807) is 24.4 Å². The molecule has 6 heteroatoms. The Morgan fingerprint density at radius 1 is 1.11 bits per heavy atom. The number of hydrogen-bond donors (Lipinski definition) is 0. The monoisotopic (exact) mass is 396 g/mol. The molecule has 0 spiro atoms. The first-order valence-electron chi connectivity index (χ1n) is 8.99. The molecule has 0 aliphatic rings. The van der Waals surface area contributed by atoms with E-state index >= 15 is 0 Å². The number of ether oxygens (including phenoxy) is 2. The van der Waals surface area contributed by atoms with E-state index in [-0.39, 0.29) is 5.91 Å². The minimum atomic E-state index is -0.124. The molecule has 1 amide bonds. The largest absolute Gasteiger partial charge is 0.496 e. The van der Waals surface area contributed by atoms with Crippen LogP contribution in [0.15, 0.2) is 47.8 Å². The van der Waals surface area contributed by atoms with E-state index in [4.69, 9.17) is 9.47 Å². The molecule has 0 saturated carbocycles. The van der Waals surface area contributed by atoms with Gasteiger partial charge in [-0.15, -0.1) is 11.3 Å². The fourth-order valence-electron chi connectivity index (χ4n) is 2.81. The van der Waals surface area contributed by atoms with E-state index in [0.29, 0.717) is 18.8 Å². The van der Waals surface area contributed by atoms with Gasteiger partial charge in [0.15, 0.2) is 0 Å². The molecule has 3 aromatic rings. The molecule has 0 atom stereocenters. The number of thiazole rings is 1. The van der Waals surface area contributed by atoms with Gasteiger partial charge in [0.25, 0.3) is 5.91 Å². The Balaban J connectivity index is 1.63. The number of carbonyl (C=O) groups is 1. The maximum atomic E-state index is 12.7. The Bertz CT molecular complexity index is 951. The number of amides is 1. The second-order valence-electron chi connectivity index (χ2n) is 6.70. The van der Waals surface area contributed by atoms with Gasteiger partial charge in [0.1, 0.15) is 28.8 Å². The minimum Gasteiger partial charge on any atom is -0.496 e. The summed E-state index contributed by atoms with van der Waals surface area (Å²) in [6, 6.07) is 13.8. The first-order valence-corrected chi connectivity index (χ1v) is 9.87. The second-order valence-corrected chi connectivity index (χ2v) is 7.65. The van der Waals surface area contributed by atoms with E-state index in [9.17, 15) is 4.79 Å². The quantitative estimate of drug-likeness (QED) is 0.585. The fourth-order valence-corrected chi connectivity index (χ4v) is 3.49.